The van der Waals surface area contributed by atoms with Gasteiger partial charge in [-0.25, -0.2) is 0 Å². The number of fused-ring (bicyclic) bond motifs is 1. The Morgan fingerprint density at radius 2 is 0.640 bits per heavy atom. The molecule has 0 radical (unpaired) electrons. The van der Waals surface area contributed by atoms with E-state index < -0.39 is 266 Å². The predicted octanol–water partition coefficient (Wildman–Crippen LogP) is -12.9. The normalized spacial score (nSPS) is 49.8. The summed E-state index contributed by atoms with van der Waals surface area (Å²) in [5.41, 5.74) is -0.286. The van der Waals surface area contributed by atoms with Gasteiger partial charge in [-0.15, -0.1) is 0 Å². The van der Waals surface area contributed by atoms with Crippen molar-refractivity contribution >= 4 is 5.69 Å². The van der Waals surface area contributed by atoms with Crippen LogP contribution in [0.5, 0.6) is 5.75 Å². The molecule has 1 aromatic rings. The highest BCUT2D eigenvalue weighted by molar-refractivity contribution is 5.36. The van der Waals surface area contributed by atoms with Crippen LogP contribution in [0.4, 0.5) is 5.69 Å². The molecule has 0 aliphatic carbocycles. The number of hydrogen-bond donors (Lipinski definition) is 20. The minimum atomic E-state index is -2.24. The molecule has 9 rings (SSSR count). The van der Waals surface area contributed by atoms with Crippen molar-refractivity contribution in [2.75, 3.05) is 46.2 Å². The number of aliphatic hydroxyl groups is 20. The maximum atomic E-state index is 11.4. The van der Waals surface area contributed by atoms with Crippen LogP contribution in [0.2, 0.25) is 0 Å². The summed E-state index contributed by atoms with van der Waals surface area (Å²) in [6.07, 6.45) is -66.0. The molecule has 8 saturated heterocycles. The Labute approximate surface area is 502 Å². The van der Waals surface area contributed by atoms with Crippen LogP contribution in [0.3, 0.4) is 0 Å². The lowest BCUT2D eigenvalue weighted by Gasteiger charge is -2.50. The first kappa shape index (κ1) is 70.3. The first-order valence-corrected chi connectivity index (χ1v) is 28.3. The zero-order valence-corrected chi connectivity index (χ0v) is 46.8. The molecule has 0 spiro atoms. The van der Waals surface area contributed by atoms with Crippen molar-refractivity contribution in [2.45, 2.75) is 228 Å². The Balaban J connectivity index is 0.776. The van der Waals surface area contributed by atoms with E-state index in [1.807, 2.05) is 0 Å². The van der Waals surface area contributed by atoms with Crippen LogP contribution in [0.1, 0.15) is 6.92 Å². The van der Waals surface area contributed by atoms with Gasteiger partial charge < -0.3 is 178 Å². The standard InChI is InChI=1S/C50H77NO38/c1-13-74-12-22-43(75-13)29(64)36(71)50(83-22)89-42-21(11-57)82-49(35(70)28(42)63)88-41-20(10-56)81-48(34(69)27(41)62)87-40-19(9-55)80-47(33(68)26(40)61)86-39-18(8-54)79-46(32(67)25(39)60)85-38-17(7-53)78-45(31(66)24(38)59)84-37-16(6-52)77-44(30(65)23(37)58)76-15-4-2-14(3-5-15)51(72)73/h2-5,13,16-50,52-71H,6-12H2,1H3/t13-,16+,17+,18+,19+,20+,21+,22+,23+,24+,25+,26+,27+,28+,29+,30+,31+,32+,33+,34+,35+,36+,37+,38+,39+,40+,41+,42+,43+,44-,45+,46+,47+,48+,49+,50+/m0/s1. The summed E-state index contributed by atoms with van der Waals surface area (Å²) in [6.45, 7) is -4.55. The minimum Gasteiger partial charge on any atom is -0.462 e. The highest BCUT2D eigenvalue weighted by Crippen LogP contribution is 2.39. The van der Waals surface area contributed by atoms with Gasteiger partial charge >= 0.3 is 0 Å². The van der Waals surface area contributed by atoms with Gasteiger partial charge in [0, 0.05) is 12.1 Å². The fraction of sp³-hybridized carbons (Fsp3) is 0.880. The molecule has 39 nitrogen and oxygen atoms in total. The summed E-state index contributed by atoms with van der Waals surface area (Å²) in [6, 6.07) is 4.54. The second-order valence-electron chi connectivity index (χ2n) is 22.2. The summed E-state index contributed by atoms with van der Waals surface area (Å²) in [4.78, 5) is 10.4. The lowest BCUT2D eigenvalue weighted by Crippen LogP contribution is -2.68. The van der Waals surface area contributed by atoms with Crippen molar-refractivity contribution in [1.29, 1.82) is 0 Å². The van der Waals surface area contributed by atoms with Crippen molar-refractivity contribution in [3.05, 3.63) is 34.4 Å². The van der Waals surface area contributed by atoms with E-state index in [-0.39, 0.29) is 18.0 Å². The summed E-state index contributed by atoms with van der Waals surface area (Å²) >= 11 is 0. The topological polar surface area (TPSA) is 595 Å². The van der Waals surface area contributed by atoms with Gasteiger partial charge in [-0.05, 0) is 19.1 Å². The Hall–Kier alpha value is -2.98. The number of nitro groups is 1. The fourth-order valence-corrected chi connectivity index (χ4v) is 11.5. The fourth-order valence-electron chi connectivity index (χ4n) is 11.5. The zero-order valence-electron chi connectivity index (χ0n) is 46.8. The Morgan fingerprint density at radius 3 is 0.921 bits per heavy atom. The van der Waals surface area contributed by atoms with E-state index in [0.29, 0.717) is 0 Å². The van der Waals surface area contributed by atoms with Gasteiger partial charge in [-0.1, -0.05) is 0 Å². The van der Waals surface area contributed by atoms with Crippen molar-refractivity contribution < 1.29 is 183 Å². The number of hydrogen-bond acceptors (Lipinski definition) is 38. The van der Waals surface area contributed by atoms with Crippen molar-refractivity contribution in [3.63, 3.8) is 0 Å². The summed E-state index contributed by atoms with van der Waals surface area (Å²) < 4.78 is 90.4. The molecular formula is C50H77NO38. The van der Waals surface area contributed by atoms with E-state index in [4.69, 9.17) is 75.8 Å². The second-order valence-corrected chi connectivity index (χ2v) is 22.2. The first-order chi connectivity index (χ1) is 42.4. The van der Waals surface area contributed by atoms with E-state index in [1.54, 1.807) is 6.92 Å². The average Bonchev–Trinajstić information content (AvgIpc) is 1.71. The number of nitrogens with zero attached hydrogens (tertiary/aromatic N) is 1. The minimum absolute atomic E-state index is 0.0413. The second kappa shape index (κ2) is 30.2. The number of rotatable bonds is 21. The summed E-state index contributed by atoms with van der Waals surface area (Å²) in [7, 11) is 0. The SMILES string of the molecule is C[C@H]1OC[C@H]2O[C@H](O[C@H]3[C@H](O)[C@@H](O)[C@@H](O[C@H]4[C@H](O)[C@@H](O)[C@@H](O[C@H]5[C@H](O)[C@@H](O)[C@@H](O[C@H]6[C@H](O)[C@@H](O)[C@@H](O[C@H]7[C@H](O)[C@@H](O)[C@@H](O[C@H]8[C@H](O)[C@@H](O)[C@@H](Oc9ccc([N+](=O)[O-])cc9)O[C@@H]8CO)O[C@@H]7CO)O[C@@H]6CO)O[C@@H]5CO)O[C@@H]4CO)O[C@@H]3CO)[C@H](O)[C@@H](O)[C@@H]2O1. The molecule has 8 fully saturated rings. The van der Waals surface area contributed by atoms with E-state index in [2.05, 4.69) is 0 Å². The molecule has 36 atom stereocenters. The number of nitro benzene ring substituents is 1. The molecule has 0 saturated carbocycles. The zero-order chi connectivity index (χ0) is 64.6. The molecule has 0 amide bonds. The molecule has 1 aromatic carbocycles. The van der Waals surface area contributed by atoms with Gasteiger partial charge in [-0.2, -0.15) is 0 Å². The molecule has 8 aliphatic rings. The average molecular weight is 1300 g/mol. The molecule has 8 heterocycles. The lowest BCUT2D eigenvalue weighted by molar-refractivity contribution is -0.400. The summed E-state index contributed by atoms with van der Waals surface area (Å²) in [5.74, 6) is -0.0413. The Bertz CT molecular complexity index is 2360. The molecule has 8 aliphatic heterocycles. The summed E-state index contributed by atoms with van der Waals surface area (Å²) in [5, 5.41) is 229. The molecule has 20 N–H and O–H groups in total. The molecule has 0 bridgehead atoms. The van der Waals surface area contributed by atoms with Crippen molar-refractivity contribution in [2.24, 2.45) is 0 Å². The number of benzene rings is 1. The third-order valence-electron chi connectivity index (χ3n) is 16.5. The molecule has 0 unspecified atom stereocenters. The molecular weight excluding hydrogens is 1220 g/mol. The van der Waals surface area contributed by atoms with E-state index in [9.17, 15) is 112 Å². The van der Waals surface area contributed by atoms with Gasteiger partial charge in [0.2, 0.25) is 6.29 Å². The highest BCUT2D eigenvalue weighted by Gasteiger charge is 2.59. The Kier molecular flexibility index (Phi) is 23.9. The van der Waals surface area contributed by atoms with Crippen molar-refractivity contribution in [1.82, 2.24) is 0 Å². The van der Waals surface area contributed by atoms with Gasteiger partial charge in [-0.3, -0.25) is 10.1 Å². The first-order valence-electron chi connectivity index (χ1n) is 28.3. The van der Waals surface area contributed by atoms with E-state index >= 15 is 0 Å². The van der Waals surface area contributed by atoms with Gasteiger partial charge in [0.15, 0.2) is 44.0 Å². The third-order valence-corrected chi connectivity index (χ3v) is 16.5. The van der Waals surface area contributed by atoms with Gasteiger partial charge in [0.05, 0.1) is 51.2 Å². The Morgan fingerprint density at radius 1 is 0.382 bits per heavy atom. The van der Waals surface area contributed by atoms with Gasteiger partial charge in [0.25, 0.3) is 5.69 Å². The van der Waals surface area contributed by atoms with Gasteiger partial charge in [0.1, 0.15) is 177 Å². The number of ether oxygens (including phenoxy) is 16. The monoisotopic (exact) mass is 1300 g/mol. The highest BCUT2D eigenvalue weighted by atomic mass is 16.8. The lowest BCUT2D eigenvalue weighted by atomic mass is 9.95. The van der Waals surface area contributed by atoms with Crippen LogP contribution in [-0.4, -0.2) is 375 Å². The van der Waals surface area contributed by atoms with E-state index in [1.165, 1.54) is 12.1 Å². The number of aliphatic hydroxyl groups excluding tert-OH is 20. The number of non-ortho nitro benzene ring substituents is 1. The quantitative estimate of drug-likeness (QED) is 0.0401. The smallest absolute Gasteiger partial charge is 0.269 e. The van der Waals surface area contributed by atoms with Crippen LogP contribution in [-0.2, 0) is 71.1 Å². The van der Waals surface area contributed by atoms with Crippen LogP contribution in [0.25, 0.3) is 0 Å². The molecule has 89 heavy (non-hydrogen) atoms. The predicted molar refractivity (Wildman–Crippen MR) is 270 cm³/mol. The molecule has 39 heteroatoms. The maximum Gasteiger partial charge on any atom is 0.269 e. The largest absolute Gasteiger partial charge is 0.462 e. The van der Waals surface area contributed by atoms with Crippen molar-refractivity contribution in [3.8, 4) is 5.75 Å². The van der Waals surface area contributed by atoms with Crippen LogP contribution in [0.15, 0.2) is 24.3 Å². The van der Waals surface area contributed by atoms with Crippen LogP contribution in [0, 0.1) is 10.1 Å². The van der Waals surface area contributed by atoms with Crippen LogP contribution < -0.4 is 4.74 Å². The van der Waals surface area contributed by atoms with E-state index in [0.717, 1.165) is 12.1 Å². The van der Waals surface area contributed by atoms with Crippen LogP contribution >= 0.6 is 0 Å². The maximum absolute atomic E-state index is 11.4. The molecule has 0 aromatic heterocycles. The molecule has 510 valence electrons. The third kappa shape index (κ3) is 14.6.